The highest BCUT2D eigenvalue weighted by atomic mass is 19.3. The summed E-state index contributed by atoms with van der Waals surface area (Å²) in [5, 5.41) is 7.24. The van der Waals surface area contributed by atoms with Crippen LogP contribution in [0, 0.1) is 0 Å². The summed E-state index contributed by atoms with van der Waals surface area (Å²) in [6.07, 6.45) is -1.67. The van der Waals surface area contributed by atoms with E-state index >= 15 is 0 Å². The van der Waals surface area contributed by atoms with Crippen molar-refractivity contribution >= 4 is 11.5 Å². The van der Waals surface area contributed by atoms with Crippen LogP contribution >= 0.6 is 0 Å². The summed E-state index contributed by atoms with van der Waals surface area (Å²) in [4.78, 5) is 0. The van der Waals surface area contributed by atoms with Gasteiger partial charge in [0.25, 0.3) is 6.43 Å². The van der Waals surface area contributed by atoms with Gasteiger partial charge in [0.15, 0.2) is 0 Å². The van der Waals surface area contributed by atoms with Crippen LogP contribution in [0.5, 0.6) is 0 Å². The summed E-state index contributed by atoms with van der Waals surface area (Å²) in [5.41, 5.74) is 7.29. The van der Waals surface area contributed by atoms with E-state index in [1.165, 1.54) is 0 Å². The minimum absolute atomic E-state index is 0.205. The molecule has 0 bridgehead atoms. The van der Waals surface area contributed by atoms with Crippen molar-refractivity contribution in [2.75, 3.05) is 30.8 Å². The van der Waals surface area contributed by atoms with E-state index in [2.05, 4.69) is 10.4 Å². The van der Waals surface area contributed by atoms with E-state index in [1.54, 1.807) is 11.7 Å². The molecule has 1 rings (SSSR count). The van der Waals surface area contributed by atoms with Crippen molar-refractivity contribution in [3.05, 3.63) is 5.69 Å². The summed E-state index contributed by atoms with van der Waals surface area (Å²) < 4.78 is 30.0. The monoisotopic (exact) mass is 248 g/mol. The van der Waals surface area contributed by atoms with Gasteiger partial charge in [0.1, 0.15) is 12.4 Å². The first kappa shape index (κ1) is 13.7. The van der Waals surface area contributed by atoms with E-state index in [4.69, 9.17) is 10.5 Å². The Hall–Kier alpha value is -1.37. The molecule has 0 aliphatic carbocycles. The number of hydrogen-bond acceptors (Lipinski definition) is 4. The number of anilines is 2. The van der Waals surface area contributed by atoms with Crippen LogP contribution in [0.1, 0.15) is 12.6 Å². The molecule has 3 N–H and O–H groups in total. The molecular weight excluding hydrogens is 230 g/mol. The number of aromatic nitrogens is 2. The van der Waals surface area contributed by atoms with Crippen molar-refractivity contribution in [1.29, 1.82) is 0 Å². The second kappa shape index (κ2) is 6.39. The fourth-order valence-electron chi connectivity index (χ4n) is 1.48. The number of nitrogen functional groups attached to an aromatic ring is 1. The number of rotatable bonds is 7. The number of alkyl halides is 2. The highest BCUT2D eigenvalue weighted by Gasteiger charge is 2.11. The van der Waals surface area contributed by atoms with Crippen LogP contribution in [-0.4, -0.2) is 36.0 Å². The largest absolute Gasteiger partial charge is 0.394 e. The molecule has 0 saturated carbocycles. The fraction of sp³-hybridized carbons (Fsp3) is 0.700. The van der Waals surface area contributed by atoms with Crippen molar-refractivity contribution in [3.8, 4) is 0 Å². The molecule has 0 fully saturated rings. The molecule has 0 aliphatic heterocycles. The second-order valence-electron chi connectivity index (χ2n) is 3.58. The zero-order valence-corrected chi connectivity index (χ0v) is 10.0. The van der Waals surface area contributed by atoms with E-state index in [9.17, 15) is 8.78 Å². The first-order valence-corrected chi connectivity index (χ1v) is 5.47. The smallest absolute Gasteiger partial charge is 0.261 e. The number of halogens is 2. The van der Waals surface area contributed by atoms with Gasteiger partial charge in [-0.25, -0.2) is 8.78 Å². The molecule has 98 valence electrons. The van der Waals surface area contributed by atoms with Crippen molar-refractivity contribution in [2.24, 2.45) is 7.05 Å². The Morgan fingerprint density at radius 2 is 2.24 bits per heavy atom. The van der Waals surface area contributed by atoms with Gasteiger partial charge in [-0.05, 0) is 6.42 Å². The molecule has 0 radical (unpaired) electrons. The Balaban J connectivity index is 2.39. The van der Waals surface area contributed by atoms with Gasteiger partial charge in [-0.15, -0.1) is 0 Å². The fourth-order valence-corrected chi connectivity index (χ4v) is 1.48. The van der Waals surface area contributed by atoms with E-state index < -0.39 is 13.0 Å². The third-order valence-electron chi connectivity index (χ3n) is 2.28. The summed E-state index contributed by atoms with van der Waals surface area (Å²) in [6, 6.07) is 0. The zero-order valence-electron chi connectivity index (χ0n) is 10.0. The molecule has 0 aromatic carbocycles. The highest BCUT2D eigenvalue weighted by Crippen LogP contribution is 2.21. The van der Waals surface area contributed by atoms with Crippen LogP contribution in [0.2, 0.25) is 0 Å². The number of nitrogens with one attached hydrogen (secondary N) is 1. The molecule has 17 heavy (non-hydrogen) atoms. The Morgan fingerprint density at radius 1 is 1.53 bits per heavy atom. The topological polar surface area (TPSA) is 65.1 Å². The maximum atomic E-state index is 11.8. The zero-order chi connectivity index (χ0) is 12.8. The SMILES string of the molecule is CCc1nn(C)c(NCCOCC(F)F)c1N. The lowest BCUT2D eigenvalue weighted by Crippen LogP contribution is -2.15. The number of nitrogens with two attached hydrogens (primary N) is 1. The first-order valence-electron chi connectivity index (χ1n) is 5.47. The summed E-state index contributed by atoms with van der Waals surface area (Å²) in [7, 11) is 1.78. The molecule has 0 amide bonds. The lowest BCUT2D eigenvalue weighted by atomic mass is 10.3. The molecule has 7 heteroatoms. The summed E-state index contributed by atoms with van der Waals surface area (Å²) in [6.45, 7) is 2.05. The van der Waals surface area contributed by atoms with Gasteiger partial charge in [-0.2, -0.15) is 5.10 Å². The van der Waals surface area contributed by atoms with Crippen LogP contribution in [0.4, 0.5) is 20.3 Å². The lowest BCUT2D eigenvalue weighted by molar-refractivity contribution is 0.0214. The van der Waals surface area contributed by atoms with Crippen LogP contribution in [-0.2, 0) is 18.2 Å². The average molecular weight is 248 g/mol. The summed E-state index contributed by atoms with van der Waals surface area (Å²) in [5.74, 6) is 0.697. The maximum Gasteiger partial charge on any atom is 0.261 e. The molecule has 0 unspecified atom stereocenters. The van der Waals surface area contributed by atoms with E-state index in [0.29, 0.717) is 18.1 Å². The number of ether oxygens (including phenoxy) is 1. The van der Waals surface area contributed by atoms with Gasteiger partial charge in [0.2, 0.25) is 0 Å². The number of hydrogen-bond donors (Lipinski definition) is 2. The average Bonchev–Trinajstić information content (AvgIpc) is 2.54. The lowest BCUT2D eigenvalue weighted by Gasteiger charge is -2.08. The van der Waals surface area contributed by atoms with Crippen molar-refractivity contribution < 1.29 is 13.5 Å². The predicted octanol–water partition coefficient (Wildman–Crippen LogP) is 1.26. The first-order chi connectivity index (χ1) is 8.06. The normalized spacial score (nSPS) is 11.1. The molecule has 5 nitrogen and oxygen atoms in total. The van der Waals surface area contributed by atoms with E-state index in [1.807, 2.05) is 6.92 Å². The van der Waals surface area contributed by atoms with Gasteiger partial charge in [-0.3, -0.25) is 4.68 Å². The minimum atomic E-state index is -2.43. The quantitative estimate of drug-likeness (QED) is 0.713. The Labute approximate surface area is 98.9 Å². The Morgan fingerprint density at radius 3 is 2.76 bits per heavy atom. The van der Waals surface area contributed by atoms with Crippen molar-refractivity contribution in [1.82, 2.24) is 9.78 Å². The van der Waals surface area contributed by atoms with E-state index in [0.717, 1.165) is 12.1 Å². The highest BCUT2D eigenvalue weighted by molar-refractivity contribution is 5.64. The van der Waals surface area contributed by atoms with Crippen LogP contribution in [0.15, 0.2) is 0 Å². The molecule has 1 aromatic rings. The Bertz CT molecular complexity index is 354. The molecule has 0 spiro atoms. The van der Waals surface area contributed by atoms with Crippen LogP contribution in [0.3, 0.4) is 0 Å². The molecule has 1 aromatic heterocycles. The molecular formula is C10H18F2N4O. The predicted molar refractivity (Wildman–Crippen MR) is 62.3 cm³/mol. The van der Waals surface area contributed by atoms with Gasteiger partial charge in [0, 0.05) is 13.6 Å². The van der Waals surface area contributed by atoms with Crippen molar-refractivity contribution in [2.45, 2.75) is 19.8 Å². The standard InChI is InChI=1S/C10H18F2N4O/c1-3-7-9(13)10(16(2)15-7)14-4-5-17-6-8(11)12/h8,14H,3-6,13H2,1-2H3. The third kappa shape index (κ3) is 3.85. The van der Waals surface area contributed by atoms with Crippen LogP contribution in [0.25, 0.3) is 0 Å². The molecule has 0 atom stereocenters. The second-order valence-corrected chi connectivity index (χ2v) is 3.58. The minimum Gasteiger partial charge on any atom is -0.394 e. The van der Waals surface area contributed by atoms with Gasteiger partial charge in [-0.1, -0.05) is 6.92 Å². The van der Waals surface area contributed by atoms with Gasteiger partial charge < -0.3 is 15.8 Å². The summed E-state index contributed by atoms with van der Waals surface area (Å²) >= 11 is 0. The molecule has 0 saturated heterocycles. The third-order valence-corrected chi connectivity index (χ3v) is 2.28. The van der Waals surface area contributed by atoms with Crippen LogP contribution < -0.4 is 11.1 Å². The van der Waals surface area contributed by atoms with E-state index in [-0.39, 0.29) is 6.61 Å². The number of aryl methyl sites for hydroxylation is 2. The van der Waals surface area contributed by atoms with Crippen molar-refractivity contribution in [3.63, 3.8) is 0 Å². The Kier molecular flexibility index (Phi) is 5.14. The molecule has 1 heterocycles. The van der Waals surface area contributed by atoms with Gasteiger partial charge >= 0.3 is 0 Å². The number of nitrogens with zero attached hydrogens (tertiary/aromatic N) is 2. The molecule has 0 aliphatic rings. The van der Waals surface area contributed by atoms with Gasteiger partial charge in [0.05, 0.1) is 18.0 Å². The maximum absolute atomic E-state index is 11.8.